The summed E-state index contributed by atoms with van der Waals surface area (Å²) in [5.41, 5.74) is 1.83. The minimum atomic E-state index is -0.974. The van der Waals surface area contributed by atoms with E-state index in [9.17, 15) is 14.4 Å². The molecule has 2 rings (SSSR count). The largest absolute Gasteiger partial charge is 0.478 e. The van der Waals surface area contributed by atoms with Crippen LogP contribution in [-0.4, -0.2) is 65.1 Å². The zero-order valence-electron chi connectivity index (χ0n) is 24.9. The zero-order chi connectivity index (χ0) is 29.2. The summed E-state index contributed by atoms with van der Waals surface area (Å²) >= 11 is 0. The molecule has 0 saturated carbocycles. The lowest BCUT2D eigenvalue weighted by Crippen LogP contribution is -2.59. The number of nitrogens with zero attached hydrogens (tertiary/aromatic N) is 2. The fraction of sp³-hybridized carbons (Fsp3) is 0.567. The first kappa shape index (κ1) is 32.9. The summed E-state index contributed by atoms with van der Waals surface area (Å²) in [5, 5.41) is 16.2. The van der Waals surface area contributed by atoms with Crippen molar-refractivity contribution in [2.75, 3.05) is 20.6 Å². The van der Waals surface area contributed by atoms with Gasteiger partial charge in [-0.2, -0.15) is 0 Å². The van der Waals surface area contributed by atoms with E-state index in [0.717, 1.165) is 16.5 Å². The topological polar surface area (TPSA) is 104 Å². The summed E-state index contributed by atoms with van der Waals surface area (Å²) in [7, 11) is 5.42. The first-order valence-electron chi connectivity index (χ1n) is 13.4. The summed E-state index contributed by atoms with van der Waals surface area (Å²) in [5.74, 6) is -1.54. The maximum atomic E-state index is 13.5. The van der Waals surface area contributed by atoms with Crippen molar-refractivity contribution >= 4 is 28.7 Å². The minimum absolute atomic E-state index is 0.122. The third-order valence-corrected chi connectivity index (χ3v) is 6.72. The Hall–Kier alpha value is -3.13. The van der Waals surface area contributed by atoms with Crippen LogP contribution >= 0.6 is 0 Å². The van der Waals surface area contributed by atoms with Crippen molar-refractivity contribution in [2.24, 2.45) is 13.0 Å². The number of hydrogen-bond donors (Lipinski definition) is 3. The smallest absolute Gasteiger partial charge is 0.330 e. The van der Waals surface area contributed by atoms with Crippen LogP contribution in [0.2, 0.25) is 0 Å². The number of carboxylic acids is 1. The molecule has 3 N–H and O–H groups in total. The molecule has 1 aromatic carbocycles. The van der Waals surface area contributed by atoms with Gasteiger partial charge in [-0.15, -0.1) is 0 Å². The number of carbonyl (C=O) groups excluding carboxylic acids is 2. The van der Waals surface area contributed by atoms with Gasteiger partial charge in [0.25, 0.3) is 0 Å². The molecule has 2 unspecified atom stereocenters. The second-order valence-electron chi connectivity index (χ2n) is 10.8. The van der Waals surface area contributed by atoms with Gasteiger partial charge in [-0.25, -0.2) is 4.79 Å². The molecule has 0 aliphatic carbocycles. The molecular weight excluding hydrogens is 480 g/mol. The molecule has 212 valence electrons. The van der Waals surface area contributed by atoms with E-state index < -0.39 is 23.5 Å². The molecule has 38 heavy (non-hydrogen) atoms. The van der Waals surface area contributed by atoms with E-state index in [1.807, 2.05) is 46.9 Å². The maximum absolute atomic E-state index is 13.5. The van der Waals surface area contributed by atoms with Gasteiger partial charge in [-0.1, -0.05) is 72.2 Å². The van der Waals surface area contributed by atoms with E-state index in [-0.39, 0.29) is 23.3 Å². The highest BCUT2D eigenvalue weighted by atomic mass is 16.4. The molecule has 1 aromatic heterocycles. The molecule has 0 saturated heterocycles. The number of likely N-dealkylation sites (N-methyl/N-ethyl adjacent to an activating group) is 2. The van der Waals surface area contributed by atoms with Crippen molar-refractivity contribution in [3.63, 3.8) is 0 Å². The number of carboxylic acid groups (broad SMARTS) is 1. The predicted molar refractivity (Wildman–Crippen MR) is 155 cm³/mol. The number of hydrogen-bond acceptors (Lipinski definition) is 4. The van der Waals surface area contributed by atoms with Crippen LogP contribution in [0.3, 0.4) is 0 Å². The van der Waals surface area contributed by atoms with E-state index in [2.05, 4.69) is 47.4 Å². The lowest BCUT2D eigenvalue weighted by Gasteiger charge is -2.35. The van der Waals surface area contributed by atoms with Crippen molar-refractivity contribution in [2.45, 2.75) is 78.8 Å². The first-order chi connectivity index (χ1) is 17.7. The van der Waals surface area contributed by atoms with Crippen molar-refractivity contribution in [3.05, 3.63) is 47.7 Å². The number of para-hydroxylation sites is 1. The standard InChI is InChI=1S/C27H40N4O4.C3H8/c1-17(2)22(25(33)30(7)15-11-12-18(3)26(34)35)29-24(32)23(28-6)27(4,5)20-16-31(8)21-14-10-9-13-19(20)21;1-3-2/h9-10,12-14,16-17,22-23,28H,11,15H2,1-8H3,(H,29,32)(H,34,35);3H2,1-2H3/b18-12+;. The number of rotatable bonds is 11. The van der Waals surface area contributed by atoms with Crippen molar-refractivity contribution < 1.29 is 19.5 Å². The van der Waals surface area contributed by atoms with E-state index in [0.29, 0.717) is 13.0 Å². The molecule has 2 atom stereocenters. The summed E-state index contributed by atoms with van der Waals surface area (Å²) in [6.07, 6.45) is 5.33. The highest BCUT2D eigenvalue weighted by Gasteiger charge is 2.39. The second kappa shape index (κ2) is 14.7. The Morgan fingerprint density at radius 2 is 1.74 bits per heavy atom. The molecule has 2 amide bonds. The lowest BCUT2D eigenvalue weighted by atomic mass is 9.77. The fourth-order valence-corrected chi connectivity index (χ4v) is 4.49. The molecule has 0 spiro atoms. The lowest BCUT2D eigenvalue weighted by molar-refractivity contribution is -0.137. The number of aryl methyl sites for hydroxylation is 1. The first-order valence-corrected chi connectivity index (χ1v) is 13.4. The van der Waals surface area contributed by atoms with Gasteiger partial charge in [-0.3, -0.25) is 9.59 Å². The van der Waals surface area contributed by atoms with Crippen LogP contribution < -0.4 is 10.6 Å². The Balaban J connectivity index is 0.00000229. The monoisotopic (exact) mass is 528 g/mol. The number of amides is 2. The predicted octanol–water partition coefficient (Wildman–Crippen LogP) is 4.48. The van der Waals surface area contributed by atoms with Crippen molar-refractivity contribution in [3.8, 4) is 0 Å². The molecule has 8 heteroatoms. The van der Waals surface area contributed by atoms with Gasteiger partial charge in [-0.05, 0) is 37.9 Å². The minimum Gasteiger partial charge on any atom is -0.478 e. The number of nitrogens with one attached hydrogen (secondary N) is 2. The van der Waals surface area contributed by atoms with Crippen molar-refractivity contribution in [1.82, 2.24) is 20.1 Å². The summed E-state index contributed by atoms with van der Waals surface area (Å²) in [4.78, 5) is 39.2. The SMILES string of the molecule is CCC.CNC(C(=O)NC(C(=O)N(C)CC/C=C(\C)C(=O)O)C(C)C)C(C)(C)c1cn(C)c2ccccc12. The molecule has 1 heterocycles. The molecule has 0 radical (unpaired) electrons. The van der Waals surface area contributed by atoms with E-state index >= 15 is 0 Å². The van der Waals surface area contributed by atoms with Gasteiger partial charge in [0, 0.05) is 48.7 Å². The van der Waals surface area contributed by atoms with Gasteiger partial charge in [0.2, 0.25) is 11.8 Å². The normalized spacial score (nSPS) is 13.5. The van der Waals surface area contributed by atoms with Gasteiger partial charge >= 0.3 is 5.97 Å². The van der Waals surface area contributed by atoms with Crippen molar-refractivity contribution in [1.29, 1.82) is 0 Å². The molecule has 8 nitrogen and oxygen atoms in total. The third kappa shape index (κ3) is 8.18. The number of aliphatic carboxylic acids is 1. The Morgan fingerprint density at radius 3 is 2.26 bits per heavy atom. The molecule has 0 fully saturated rings. The molecular formula is C30H48N4O4. The Labute approximate surface area is 228 Å². The number of aromatic nitrogens is 1. The molecule has 0 aliphatic heterocycles. The highest BCUT2D eigenvalue weighted by molar-refractivity contribution is 5.92. The molecule has 0 bridgehead atoms. The van der Waals surface area contributed by atoms with E-state index in [4.69, 9.17) is 5.11 Å². The fourth-order valence-electron chi connectivity index (χ4n) is 4.49. The average molecular weight is 529 g/mol. The van der Waals surface area contributed by atoms with Crippen LogP contribution in [0, 0.1) is 5.92 Å². The Bertz CT molecular complexity index is 1120. The third-order valence-electron chi connectivity index (χ3n) is 6.72. The summed E-state index contributed by atoms with van der Waals surface area (Å²) in [6, 6.07) is 6.83. The van der Waals surface area contributed by atoms with Gasteiger partial charge in [0.05, 0.1) is 6.04 Å². The van der Waals surface area contributed by atoms with Crippen LogP contribution in [0.25, 0.3) is 10.9 Å². The van der Waals surface area contributed by atoms with Crippen LogP contribution in [0.4, 0.5) is 0 Å². The van der Waals surface area contributed by atoms with Gasteiger partial charge in [0.1, 0.15) is 6.04 Å². The van der Waals surface area contributed by atoms with E-state index in [1.165, 1.54) is 13.3 Å². The van der Waals surface area contributed by atoms with Crippen LogP contribution in [-0.2, 0) is 26.8 Å². The van der Waals surface area contributed by atoms with Gasteiger partial charge < -0.3 is 25.2 Å². The maximum Gasteiger partial charge on any atom is 0.330 e. The zero-order valence-corrected chi connectivity index (χ0v) is 24.9. The summed E-state index contributed by atoms with van der Waals surface area (Å²) < 4.78 is 2.06. The number of carbonyl (C=O) groups is 3. The van der Waals surface area contributed by atoms with Crippen LogP contribution in [0.1, 0.15) is 66.9 Å². The molecule has 0 aliphatic rings. The number of benzene rings is 1. The number of fused-ring (bicyclic) bond motifs is 1. The Morgan fingerprint density at radius 1 is 1.16 bits per heavy atom. The second-order valence-corrected chi connectivity index (χ2v) is 10.8. The average Bonchev–Trinajstić information content (AvgIpc) is 3.20. The van der Waals surface area contributed by atoms with E-state index in [1.54, 1.807) is 25.1 Å². The van der Waals surface area contributed by atoms with Gasteiger partial charge in [0.15, 0.2) is 0 Å². The quantitative estimate of drug-likeness (QED) is 0.373. The van der Waals surface area contributed by atoms with Crippen LogP contribution in [0.5, 0.6) is 0 Å². The molecule has 2 aromatic rings. The van der Waals surface area contributed by atoms with Crippen LogP contribution in [0.15, 0.2) is 42.1 Å². The highest BCUT2D eigenvalue weighted by Crippen LogP contribution is 2.34. The summed E-state index contributed by atoms with van der Waals surface area (Å²) in [6.45, 7) is 14.0. The Kier molecular flexibility index (Phi) is 12.7.